The largest absolute Gasteiger partial charge is 0.366 e. The maximum atomic E-state index is 14.5. The molecule has 0 amide bonds. The van der Waals surface area contributed by atoms with Crippen LogP contribution in [0.25, 0.3) is 0 Å². The molecule has 0 aromatic heterocycles. The Bertz CT molecular complexity index is 431. The van der Waals surface area contributed by atoms with Gasteiger partial charge in [-0.1, -0.05) is 26.3 Å². The van der Waals surface area contributed by atoms with Crippen LogP contribution < -0.4 is 10.2 Å². The van der Waals surface area contributed by atoms with E-state index in [9.17, 15) is 4.39 Å². The normalized spacial score (nSPS) is 19.0. The number of nitrogens with zero attached hydrogens (tertiary/aromatic N) is 1. The van der Waals surface area contributed by atoms with E-state index in [2.05, 4.69) is 30.1 Å². The molecule has 1 aliphatic heterocycles. The molecule has 0 aliphatic carbocycles. The SMILES string of the molecule is CCCNCc1ccc(N2CCCCC2CCC)c(F)c1. The molecular weight excluding hydrogens is 263 g/mol. The number of nitrogens with one attached hydrogen (secondary N) is 1. The van der Waals surface area contributed by atoms with Crippen LogP contribution in [0, 0.1) is 5.82 Å². The molecule has 1 aromatic carbocycles. The van der Waals surface area contributed by atoms with E-state index >= 15 is 0 Å². The molecule has 0 spiro atoms. The van der Waals surface area contributed by atoms with Gasteiger partial charge in [-0.05, 0) is 56.3 Å². The van der Waals surface area contributed by atoms with Crippen molar-refractivity contribution in [2.24, 2.45) is 0 Å². The molecule has 1 atom stereocenters. The Labute approximate surface area is 128 Å². The standard InChI is InChI=1S/C18H29FN2/c1-3-7-16-8-5-6-12-21(16)18-10-9-15(13-17(18)19)14-20-11-4-2/h9-10,13,16,20H,3-8,11-12,14H2,1-2H3. The zero-order chi connectivity index (χ0) is 15.1. The molecular formula is C18H29FN2. The molecule has 1 N–H and O–H groups in total. The van der Waals surface area contributed by atoms with Gasteiger partial charge >= 0.3 is 0 Å². The van der Waals surface area contributed by atoms with E-state index < -0.39 is 0 Å². The van der Waals surface area contributed by atoms with Crippen LogP contribution in [0.5, 0.6) is 0 Å². The number of hydrogen-bond donors (Lipinski definition) is 1. The lowest BCUT2D eigenvalue weighted by Gasteiger charge is -2.38. The number of piperidine rings is 1. The van der Waals surface area contributed by atoms with Crippen LogP contribution in [0.1, 0.15) is 57.9 Å². The molecule has 0 radical (unpaired) electrons. The summed E-state index contributed by atoms with van der Waals surface area (Å²) in [4.78, 5) is 2.30. The average molecular weight is 292 g/mol. The lowest BCUT2D eigenvalue weighted by atomic mass is 9.97. The summed E-state index contributed by atoms with van der Waals surface area (Å²) in [5, 5.41) is 3.33. The molecule has 21 heavy (non-hydrogen) atoms. The molecule has 118 valence electrons. The van der Waals surface area contributed by atoms with E-state index in [1.54, 1.807) is 6.07 Å². The molecule has 1 fully saturated rings. The van der Waals surface area contributed by atoms with Crippen molar-refractivity contribution in [3.63, 3.8) is 0 Å². The number of benzene rings is 1. The van der Waals surface area contributed by atoms with Crippen LogP contribution in [-0.4, -0.2) is 19.1 Å². The van der Waals surface area contributed by atoms with Gasteiger partial charge in [0.1, 0.15) is 5.82 Å². The highest BCUT2D eigenvalue weighted by molar-refractivity contribution is 5.50. The fraction of sp³-hybridized carbons (Fsp3) is 0.667. The van der Waals surface area contributed by atoms with Crippen LogP contribution in [0.3, 0.4) is 0 Å². The van der Waals surface area contributed by atoms with Crippen molar-refractivity contribution in [1.82, 2.24) is 5.32 Å². The van der Waals surface area contributed by atoms with Crippen molar-refractivity contribution in [3.05, 3.63) is 29.6 Å². The topological polar surface area (TPSA) is 15.3 Å². The van der Waals surface area contributed by atoms with E-state index in [1.165, 1.54) is 32.1 Å². The van der Waals surface area contributed by atoms with Crippen LogP contribution in [0.15, 0.2) is 18.2 Å². The number of rotatable bonds is 7. The van der Waals surface area contributed by atoms with E-state index in [1.807, 2.05) is 6.07 Å². The van der Waals surface area contributed by atoms with Gasteiger partial charge in [-0.2, -0.15) is 0 Å². The third-order valence-corrected chi connectivity index (χ3v) is 4.33. The van der Waals surface area contributed by atoms with Crippen molar-refractivity contribution < 1.29 is 4.39 Å². The first-order valence-corrected chi connectivity index (χ1v) is 8.52. The predicted molar refractivity (Wildman–Crippen MR) is 88.3 cm³/mol. The van der Waals surface area contributed by atoms with Gasteiger partial charge in [0.05, 0.1) is 5.69 Å². The predicted octanol–water partition coefficient (Wildman–Crippen LogP) is 4.48. The molecule has 1 aromatic rings. The monoisotopic (exact) mass is 292 g/mol. The summed E-state index contributed by atoms with van der Waals surface area (Å²) < 4.78 is 14.5. The van der Waals surface area contributed by atoms with E-state index in [4.69, 9.17) is 0 Å². The Morgan fingerprint density at radius 2 is 2.10 bits per heavy atom. The maximum absolute atomic E-state index is 14.5. The Morgan fingerprint density at radius 3 is 2.81 bits per heavy atom. The fourth-order valence-electron chi connectivity index (χ4n) is 3.25. The molecule has 1 saturated heterocycles. The third kappa shape index (κ3) is 4.44. The number of anilines is 1. The lowest BCUT2D eigenvalue weighted by Crippen LogP contribution is -2.40. The molecule has 1 unspecified atom stereocenters. The summed E-state index contributed by atoms with van der Waals surface area (Å²) in [7, 11) is 0. The van der Waals surface area contributed by atoms with Crippen molar-refractivity contribution in [3.8, 4) is 0 Å². The minimum atomic E-state index is -0.0613. The highest BCUT2D eigenvalue weighted by atomic mass is 19.1. The third-order valence-electron chi connectivity index (χ3n) is 4.33. The highest BCUT2D eigenvalue weighted by Gasteiger charge is 2.23. The second-order valence-electron chi connectivity index (χ2n) is 6.09. The van der Waals surface area contributed by atoms with Gasteiger partial charge in [0.2, 0.25) is 0 Å². The van der Waals surface area contributed by atoms with E-state index in [0.717, 1.165) is 37.3 Å². The summed E-state index contributed by atoms with van der Waals surface area (Å²) in [6.07, 6.45) is 7.10. The minimum absolute atomic E-state index is 0.0613. The van der Waals surface area contributed by atoms with Crippen LogP contribution >= 0.6 is 0 Å². The fourth-order valence-corrected chi connectivity index (χ4v) is 3.25. The van der Waals surface area contributed by atoms with Gasteiger partial charge in [0.25, 0.3) is 0 Å². The van der Waals surface area contributed by atoms with Gasteiger partial charge in [-0.25, -0.2) is 4.39 Å². The van der Waals surface area contributed by atoms with Crippen LogP contribution in [0.2, 0.25) is 0 Å². The quantitative estimate of drug-likeness (QED) is 0.745. The second-order valence-corrected chi connectivity index (χ2v) is 6.09. The summed E-state index contributed by atoms with van der Waals surface area (Å²) in [5.74, 6) is -0.0613. The van der Waals surface area contributed by atoms with E-state index in [0.29, 0.717) is 6.04 Å². The lowest BCUT2D eigenvalue weighted by molar-refractivity contribution is 0.429. The van der Waals surface area contributed by atoms with Gasteiger partial charge in [-0.15, -0.1) is 0 Å². The van der Waals surface area contributed by atoms with Crippen molar-refractivity contribution in [2.75, 3.05) is 18.0 Å². The Balaban J connectivity index is 2.07. The van der Waals surface area contributed by atoms with Crippen molar-refractivity contribution in [2.45, 2.75) is 65.0 Å². The molecule has 1 aliphatic rings. The summed E-state index contributed by atoms with van der Waals surface area (Å²) in [6, 6.07) is 6.27. The van der Waals surface area contributed by atoms with Crippen molar-refractivity contribution >= 4 is 5.69 Å². The Hall–Kier alpha value is -1.09. The summed E-state index contributed by atoms with van der Waals surface area (Å²) in [6.45, 7) is 7.08. The molecule has 3 heteroatoms. The zero-order valence-electron chi connectivity index (χ0n) is 13.5. The number of hydrogen-bond acceptors (Lipinski definition) is 2. The Morgan fingerprint density at radius 1 is 1.24 bits per heavy atom. The number of halogens is 1. The molecule has 2 rings (SSSR count). The molecule has 0 saturated carbocycles. The van der Waals surface area contributed by atoms with Gasteiger partial charge in [-0.3, -0.25) is 0 Å². The first-order chi connectivity index (χ1) is 10.3. The van der Waals surface area contributed by atoms with Crippen LogP contribution in [-0.2, 0) is 6.54 Å². The molecule has 0 bridgehead atoms. The zero-order valence-corrected chi connectivity index (χ0v) is 13.5. The highest BCUT2D eigenvalue weighted by Crippen LogP contribution is 2.29. The first-order valence-electron chi connectivity index (χ1n) is 8.52. The van der Waals surface area contributed by atoms with Gasteiger partial charge in [0.15, 0.2) is 0 Å². The van der Waals surface area contributed by atoms with Crippen LogP contribution in [0.4, 0.5) is 10.1 Å². The first kappa shape index (κ1) is 16.3. The molecule has 2 nitrogen and oxygen atoms in total. The van der Waals surface area contributed by atoms with E-state index in [-0.39, 0.29) is 5.82 Å². The second kappa shape index (κ2) is 8.38. The molecule has 1 heterocycles. The average Bonchev–Trinajstić information content (AvgIpc) is 2.49. The van der Waals surface area contributed by atoms with Crippen molar-refractivity contribution in [1.29, 1.82) is 0 Å². The summed E-state index contributed by atoms with van der Waals surface area (Å²) in [5.41, 5.74) is 1.83. The minimum Gasteiger partial charge on any atom is -0.366 e. The maximum Gasteiger partial charge on any atom is 0.146 e. The van der Waals surface area contributed by atoms with Gasteiger partial charge in [0, 0.05) is 19.1 Å². The smallest absolute Gasteiger partial charge is 0.146 e. The van der Waals surface area contributed by atoms with Gasteiger partial charge < -0.3 is 10.2 Å². The Kier molecular flexibility index (Phi) is 6.50. The summed E-state index contributed by atoms with van der Waals surface area (Å²) >= 11 is 0.